The van der Waals surface area contributed by atoms with Gasteiger partial charge in [-0.25, -0.2) is 9.37 Å². The molecule has 7 heteroatoms. The molecule has 1 aliphatic heterocycles. The monoisotopic (exact) mass is 360 g/mol. The van der Waals surface area contributed by atoms with E-state index in [1.807, 2.05) is 4.90 Å². The number of hydrogen-bond donors (Lipinski definition) is 1. The molecule has 1 aliphatic rings. The topological polar surface area (TPSA) is 45.4 Å². The summed E-state index contributed by atoms with van der Waals surface area (Å²) < 4.78 is 14.5. The first kappa shape index (κ1) is 15.6. The first-order valence-electron chi connectivity index (χ1n) is 6.62. The number of hydrogen-bond acceptors (Lipinski definition) is 4. The van der Waals surface area contributed by atoms with Crippen molar-refractivity contribution in [2.24, 2.45) is 5.73 Å². The fourth-order valence-electron chi connectivity index (χ4n) is 2.52. The second-order valence-corrected chi connectivity index (χ2v) is 6.20. The summed E-state index contributed by atoms with van der Waals surface area (Å²) in [7, 11) is 0. The highest BCUT2D eigenvalue weighted by atomic mass is 79.9. The molecular formula is C13H18BrFN4S. The van der Waals surface area contributed by atoms with Crippen LogP contribution in [0.2, 0.25) is 0 Å². The number of piperazine rings is 1. The van der Waals surface area contributed by atoms with Crippen LogP contribution < -0.4 is 10.6 Å². The Bertz CT molecular complexity index is 491. The standard InChI is InChI=1S/C13H18BrFN4S/c1-2-11(12(16)20)18-3-5-19(6-4-18)13-10(15)7-9(14)8-17-13/h7-8,11H,2-6H2,1H3,(H2,16,20). The summed E-state index contributed by atoms with van der Waals surface area (Å²) in [6.07, 6.45) is 2.52. The average Bonchev–Trinajstić information content (AvgIpc) is 2.40. The van der Waals surface area contributed by atoms with Gasteiger partial charge in [0.25, 0.3) is 0 Å². The molecule has 0 aliphatic carbocycles. The van der Waals surface area contributed by atoms with E-state index in [-0.39, 0.29) is 11.9 Å². The molecule has 0 spiro atoms. The van der Waals surface area contributed by atoms with E-state index in [1.54, 1.807) is 6.20 Å². The van der Waals surface area contributed by atoms with Crippen molar-refractivity contribution in [3.63, 3.8) is 0 Å². The van der Waals surface area contributed by atoms with E-state index in [4.69, 9.17) is 18.0 Å². The first-order valence-corrected chi connectivity index (χ1v) is 7.82. The lowest BCUT2D eigenvalue weighted by Gasteiger charge is -2.39. The zero-order valence-electron chi connectivity index (χ0n) is 11.4. The van der Waals surface area contributed by atoms with Crippen LogP contribution in [0.3, 0.4) is 0 Å². The second kappa shape index (κ2) is 6.78. The zero-order valence-corrected chi connectivity index (χ0v) is 13.8. The van der Waals surface area contributed by atoms with Crippen LogP contribution in [-0.4, -0.2) is 47.1 Å². The number of nitrogens with zero attached hydrogens (tertiary/aromatic N) is 3. The van der Waals surface area contributed by atoms with Gasteiger partial charge >= 0.3 is 0 Å². The highest BCUT2D eigenvalue weighted by molar-refractivity contribution is 9.10. The first-order chi connectivity index (χ1) is 9.52. The summed E-state index contributed by atoms with van der Waals surface area (Å²) >= 11 is 8.32. The summed E-state index contributed by atoms with van der Waals surface area (Å²) in [4.78, 5) is 8.92. The molecular weight excluding hydrogens is 343 g/mol. The fraction of sp³-hybridized carbons (Fsp3) is 0.538. The van der Waals surface area contributed by atoms with Crippen LogP contribution in [0.1, 0.15) is 13.3 Å². The van der Waals surface area contributed by atoms with E-state index >= 15 is 0 Å². The number of rotatable bonds is 4. The number of halogens is 2. The minimum Gasteiger partial charge on any atom is -0.392 e. The van der Waals surface area contributed by atoms with Crippen molar-refractivity contribution in [2.45, 2.75) is 19.4 Å². The molecule has 0 amide bonds. The Morgan fingerprint density at radius 1 is 1.50 bits per heavy atom. The molecule has 0 saturated carbocycles. The molecule has 0 radical (unpaired) electrons. The molecule has 1 aromatic heterocycles. The normalized spacial score (nSPS) is 18.1. The van der Waals surface area contributed by atoms with E-state index < -0.39 is 0 Å². The van der Waals surface area contributed by atoms with Crippen LogP contribution in [0.5, 0.6) is 0 Å². The molecule has 1 unspecified atom stereocenters. The molecule has 1 aromatic rings. The minimum atomic E-state index is -0.297. The SMILES string of the molecule is CCC(C(N)=S)N1CCN(c2ncc(Br)cc2F)CC1. The number of nitrogens with two attached hydrogens (primary N) is 1. The Balaban J connectivity index is 2.02. The maximum atomic E-state index is 13.9. The Labute approximate surface area is 132 Å². The average molecular weight is 361 g/mol. The maximum absolute atomic E-state index is 13.9. The van der Waals surface area contributed by atoms with E-state index in [2.05, 4.69) is 32.7 Å². The Morgan fingerprint density at radius 3 is 2.65 bits per heavy atom. The Hall–Kier alpha value is -0.790. The summed E-state index contributed by atoms with van der Waals surface area (Å²) in [5.74, 6) is 0.116. The van der Waals surface area contributed by atoms with E-state index in [0.29, 0.717) is 15.3 Å². The minimum absolute atomic E-state index is 0.134. The molecule has 4 nitrogen and oxygen atoms in total. The lowest BCUT2D eigenvalue weighted by Crippen LogP contribution is -2.53. The zero-order chi connectivity index (χ0) is 14.7. The van der Waals surface area contributed by atoms with Crippen molar-refractivity contribution in [3.05, 3.63) is 22.6 Å². The highest BCUT2D eigenvalue weighted by Crippen LogP contribution is 2.22. The van der Waals surface area contributed by atoms with Gasteiger partial charge in [-0.3, -0.25) is 4.90 Å². The van der Waals surface area contributed by atoms with Gasteiger partial charge in [-0.15, -0.1) is 0 Å². The van der Waals surface area contributed by atoms with Crippen molar-refractivity contribution >= 4 is 39.0 Å². The van der Waals surface area contributed by atoms with Crippen molar-refractivity contribution in [2.75, 3.05) is 31.1 Å². The smallest absolute Gasteiger partial charge is 0.166 e. The highest BCUT2D eigenvalue weighted by Gasteiger charge is 2.26. The lowest BCUT2D eigenvalue weighted by molar-refractivity contribution is 0.223. The van der Waals surface area contributed by atoms with Crippen molar-refractivity contribution in [1.82, 2.24) is 9.88 Å². The fourth-order valence-corrected chi connectivity index (χ4v) is 3.14. The van der Waals surface area contributed by atoms with E-state index in [0.717, 1.165) is 32.6 Å². The summed E-state index contributed by atoms with van der Waals surface area (Å²) in [6.45, 7) is 5.15. The number of aromatic nitrogens is 1. The number of anilines is 1. The van der Waals surface area contributed by atoms with Crippen LogP contribution in [0.15, 0.2) is 16.7 Å². The summed E-state index contributed by atoms with van der Waals surface area (Å²) in [6, 6.07) is 1.58. The Kier molecular flexibility index (Phi) is 5.29. The molecule has 110 valence electrons. The molecule has 0 bridgehead atoms. The van der Waals surface area contributed by atoms with Gasteiger partial charge in [0, 0.05) is 36.8 Å². The lowest BCUT2D eigenvalue weighted by atomic mass is 10.1. The third-order valence-corrected chi connectivity index (χ3v) is 4.26. The van der Waals surface area contributed by atoms with Crippen LogP contribution in [0.4, 0.5) is 10.2 Å². The van der Waals surface area contributed by atoms with Crippen LogP contribution in [0.25, 0.3) is 0 Å². The maximum Gasteiger partial charge on any atom is 0.166 e. The predicted molar refractivity (Wildman–Crippen MR) is 86.5 cm³/mol. The van der Waals surface area contributed by atoms with Gasteiger partial charge in [-0.2, -0.15) is 0 Å². The van der Waals surface area contributed by atoms with Crippen molar-refractivity contribution in [1.29, 1.82) is 0 Å². The van der Waals surface area contributed by atoms with Gasteiger partial charge in [-0.05, 0) is 28.4 Å². The largest absolute Gasteiger partial charge is 0.392 e. The van der Waals surface area contributed by atoms with Crippen molar-refractivity contribution in [3.8, 4) is 0 Å². The molecule has 0 aromatic carbocycles. The third kappa shape index (κ3) is 3.45. The van der Waals surface area contributed by atoms with E-state index in [1.165, 1.54) is 6.07 Å². The molecule has 2 N–H and O–H groups in total. The summed E-state index contributed by atoms with van der Waals surface area (Å²) in [5.41, 5.74) is 5.76. The van der Waals surface area contributed by atoms with Crippen molar-refractivity contribution < 1.29 is 4.39 Å². The van der Waals surface area contributed by atoms with Gasteiger partial charge in [0.1, 0.15) is 0 Å². The van der Waals surface area contributed by atoms with Gasteiger partial charge < -0.3 is 10.6 Å². The number of pyridine rings is 1. The molecule has 20 heavy (non-hydrogen) atoms. The van der Waals surface area contributed by atoms with Crippen LogP contribution >= 0.6 is 28.1 Å². The number of thiocarbonyl (C=S) groups is 1. The molecule has 1 atom stereocenters. The predicted octanol–water partition coefficient (Wildman–Crippen LogP) is 2.17. The van der Waals surface area contributed by atoms with E-state index in [9.17, 15) is 4.39 Å². The summed E-state index contributed by atoms with van der Waals surface area (Å²) in [5, 5.41) is 0. The third-order valence-electron chi connectivity index (χ3n) is 3.56. The van der Waals surface area contributed by atoms with Gasteiger partial charge in [0.05, 0.1) is 11.0 Å². The second-order valence-electron chi connectivity index (χ2n) is 4.81. The molecule has 1 fully saturated rings. The van der Waals surface area contributed by atoms with Gasteiger partial charge in [0.2, 0.25) is 0 Å². The van der Waals surface area contributed by atoms with Crippen LogP contribution in [-0.2, 0) is 0 Å². The van der Waals surface area contributed by atoms with Gasteiger partial charge in [-0.1, -0.05) is 19.1 Å². The van der Waals surface area contributed by atoms with Gasteiger partial charge in [0.15, 0.2) is 11.6 Å². The molecule has 1 saturated heterocycles. The molecule has 2 heterocycles. The van der Waals surface area contributed by atoms with Crippen LogP contribution in [0, 0.1) is 5.82 Å². The quantitative estimate of drug-likeness (QED) is 0.833. The molecule has 2 rings (SSSR count). The Morgan fingerprint density at radius 2 is 2.15 bits per heavy atom.